The zero-order valence-corrected chi connectivity index (χ0v) is 13.3. The van der Waals surface area contributed by atoms with E-state index in [0.717, 1.165) is 0 Å². The monoisotopic (exact) mass is 362 g/mol. The van der Waals surface area contributed by atoms with Gasteiger partial charge in [0, 0.05) is 23.6 Å². The molecule has 1 aromatic carbocycles. The molecule has 1 aliphatic rings. The Morgan fingerprint density at radius 3 is 2.90 bits per heavy atom. The van der Waals surface area contributed by atoms with E-state index in [1.165, 1.54) is 11.4 Å². The van der Waals surface area contributed by atoms with E-state index in [2.05, 4.69) is 26.0 Å². The molecule has 20 heavy (non-hydrogen) atoms. The number of sulfonamides is 1. The molecule has 1 N–H and O–H groups in total. The maximum Gasteiger partial charge on any atom is 0.407 e. The number of ether oxygens (including phenoxy) is 1. The Hall–Kier alpha value is -1.12. The second-order valence-electron chi connectivity index (χ2n) is 4.44. The number of carbonyl (C=O) groups excluding carboxylic acids is 1. The molecule has 0 spiro atoms. The predicted octanol–water partition coefficient (Wildman–Crippen LogP) is 1.57. The Kier molecular flexibility index (Phi) is 4.66. The first-order chi connectivity index (χ1) is 9.43. The molecule has 1 aliphatic heterocycles. The number of alkyl carbamates (subject to hydrolysis) is 1. The van der Waals surface area contributed by atoms with E-state index in [-0.39, 0.29) is 17.5 Å². The topological polar surface area (TPSA) is 75.7 Å². The lowest BCUT2D eigenvalue weighted by Gasteiger charge is -2.17. The SMILES string of the molecule is COC(=O)NC1CCN(S(=O)(=O)c2cccc(Br)c2)C1. The van der Waals surface area contributed by atoms with Crippen LogP contribution in [0.15, 0.2) is 33.6 Å². The summed E-state index contributed by atoms with van der Waals surface area (Å²) < 4.78 is 31.5. The van der Waals surface area contributed by atoms with Gasteiger partial charge in [0.2, 0.25) is 10.0 Å². The fourth-order valence-electron chi connectivity index (χ4n) is 2.07. The van der Waals surface area contributed by atoms with Crippen LogP contribution in [-0.2, 0) is 14.8 Å². The molecule has 0 saturated carbocycles. The van der Waals surface area contributed by atoms with Crippen LogP contribution in [0.1, 0.15) is 6.42 Å². The van der Waals surface area contributed by atoms with Gasteiger partial charge in [-0.05, 0) is 24.6 Å². The van der Waals surface area contributed by atoms with Crippen LogP contribution in [0.25, 0.3) is 0 Å². The van der Waals surface area contributed by atoms with Gasteiger partial charge in [-0.25, -0.2) is 13.2 Å². The van der Waals surface area contributed by atoms with Crippen molar-refractivity contribution in [1.29, 1.82) is 0 Å². The van der Waals surface area contributed by atoms with E-state index < -0.39 is 16.1 Å². The molecule has 110 valence electrons. The van der Waals surface area contributed by atoms with Crippen LogP contribution in [0.2, 0.25) is 0 Å². The van der Waals surface area contributed by atoms with Gasteiger partial charge in [0.15, 0.2) is 0 Å². The Morgan fingerprint density at radius 2 is 2.25 bits per heavy atom. The molecule has 1 unspecified atom stereocenters. The van der Waals surface area contributed by atoms with Crippen molar-refractivity contribution < 1.29 is 17.9 Å². The number of amides is 1. The molecule has 1 heterocycles. The van der Waals surface area contributed by atoms with E-state index >= 15 is 0 Å². The van der Waals surface area contributed by atoms with Crippen molar-refractivity contribution in [2.75, 3.05) is 20.2 Å². The molecule has 6 nitrogen and oxygen atoms in total. The van der Waals surface area contributed by atoms with Gasteiger partial charge in [-0.2, -0.15) is 4.31 Å². The minimum atomic E-state index is -3.53. The number of nitrogens with zero attached hydrogens (tertiary/aromatic N) is 1. The van der Waals surface area contributed by atoms with Crippen molar-refractivity contribution in [3.63, 3.8) is 0 Å². The summed E-state index contributed by atoms with van der Waals surface area (Å²) in [5, 5.41) is 2.62. The summed E-state index contributed by atoms with van der Waals surface area (Å²) in [6, 6.07) is 6.35. The molecular formula is C12H15BrN2O4S. The average Bonchev–Trinajstić information content (AvgIpc) is 2.87. The summed E-state index contributed by atoms with van der Waals surface area (Å²) in [7, 11) is -2.25. The van der Waals surface area contributed by atoms with E-state index in [9.17, 15) is 13.2 Å². The van der Waals surface area contributed by atoms with Gasteiger partial charge in [0.05, 0.1) is 12.0 Å². The Morgan fingerprint density at radius 1 is 1.50 bits per heavy atom. The minimum Gasteiger partial charge on any atom is -0.453 e. The molecule has 0 aromatic heterocycles. The molecule has 0 aliphatic carbocycles. The van der Waals surface area contributed by atoms with Crippen LogP contribution >= 0.6 is 15.9 Å². The molecule has 0 radical (unpaired) electrons. The Balaban J connectivity index is 2.11. The number of methoxy groups -OCH3 is 1. The maximum atomic E-state index is 12.4. The molecule has 1 atom stereocenters. The van der Waals surface area contributed by atoms with Crippen molar-refractivity contribution in [2.24, 2.45) is 0 Å². The fourth-order valence-corrected chi connectivity index (χ4v) is 4.16. The summed E-state index contributed by atoms with van der Waals surface area (Å²) >= 11 is 3.26. The van der Waals surface area contributed by atoms with Gasteiger partial charge in [-0.1, -0.05) is 22.0 Å². The van der Waals surface area contributed by atoms with Crippen LogP contribution in [0.4, 0.5) is 4.79 Å². The molecule has 1 saturated heterocycles. The van der Waals surface area contributed by atoms with Crippen LogP contribution in [0, 0.1) is 0 Å². The first kappa shape index (κ1) is 15.3. The third-order valence-corrected chi connectivity index (χ3v) is 5.45. The first-order valence-corrected chi connectivity index (χ1v) is 8.27. The highest BCUT2D eigenvalue weighted by molar-refractivity contribution is 9.10. The summed E-state index contributed by atoms with van der Waals surface area (Å²) in [6.45, 7) is 0.632. The highest BCUT2D eigenvalue weighted by Gasteiger charge is 2.33. The predicted molar refractivity (Wildman–Crippen MR) is 76.8 cm³/mol. The lowest BCUT2D eigenvalue weighted by atomic mass is 10.3. The number of hydrogen-bond acceptors (Lipinski definition) is 4. The van der Waals surface area contributed by atoms with Crippen molar-refractivity contribution in [3.05, 3.63) is 28.7 Å². The zero-order valence-electron chi connectivity index (χ0n) is 10.9. The fraction of sp³-hybridized carbons (Fsp3) is 0.417. The highest BCUT2D eigenvalue weighted by Crippen LogP contribution is 2.23. The van der Waals surface area contributed by atoms with Gasteiger partial charge < -0.3 is 10.1 Å². The quantitative estimate of drug-likeness (QED) is 0.885. The molecule has 1 amide bonds. The van der Waals surface area contributed by atoms with Crippen molar-refractivity contribution in [2.45, 2.75) is 17.4 Å². The third-order valence-electron chi connectivity index (χ3n) is 3.09. The lowest BCUT2D eigenvalue weighted by molar-refractivity contribution is 0.167. The molecule has 1 aromatic rings. The number of halogens is 1. The lowest BCUT2D eigenvalue weighted by Crippen LogP contribution is -2.38. The number of benzene rings is 1. The van der Waals surface area contributed by atoms with Gasteiger partial charge in [-0.3, -0.25) is 0 Å². The maximum absolute atomic E-state index is 12.4. The Labute approximate surface area is 126 Å². The van der Waals surface area contributed by atoms with Crippen LogP contribution in [0.3, 0.4) is 0 Å². The minimum absolute atomic E-state index is 0.218. The molecule has 2 rings (SSSR count). The molecular weight excluding hydrogens is 348 g/mol. The van der Waals surface area contributed by atoms with E-state index in [4.69, 9.17) is 0 Å². The van der Waals surface area contributed by atoms with E-state index in [1.54, 1.807) is 24.3 Å². The van der Waals surface area contributed by atoms with E-state index in [1.807, 2.05) is 0 Å². The summed E-state index contributed by atoms with van der Waals surface area (Å²) in [6.07, 6.45) is 0.0270. The van der Waals surface area contributed by atoms with Crippen molar-refractivity contribution >= 4 is 32.0 Å². The zero-order chi connectivity index (χ0) is 14.8. The van der Waals surface area contributed by atoms with Gasteiger partial charge in [0.1, 0.15) is 0 Å². The number of rotatable bonds is 3. The molecule has 1 fully saturated rings. The smallest absolute Gasteiger partial charge is 0.407 e. The second kappa shape index (κ2) is 6.11. The molecule has 0 bridgehead atoms. The van der Waals surface area contributed by atoms with Crippen molar-refractivity contribution in [1.82, 2.24) is 9.62 Å². The molecule has 8 heteroatoms. The summed E-state index contributed by atoms with van der Waals surface area (Å²) in [5.41, 5.74) is 0. The third kappa shape index (κ3) is 3.31. The normalized spacial score (nSPS) is 19.8. The van der Waals surface area contributed by atoms with Gasteiger partial charge >= 0.3 is 6.09 Å². The van der Waals surface area contributed by atoms with Crippen LogP contribution in [-0.4, -0.2) is 45.1 Å². The standard InChI is InChI=1S/C12H15BrN2O4S/c1-19-12(16)14-10-5-6-15(8-10)20(17,18)11-4-2-3-9(13)7-11/h2-4,7,10H,5-6,8H2,1H3,(H,14,16). The summed E-state index contributed by atoms with van der Waals surface area (Å²) in [5.74, 6) is 0. The Bertz CT molecular complexity index is 605. The number of hydrogen-bond donors (Lipinski definition) is 1. The second-order valence-corrected chi connectivity index (χ2v) is 7.30. The largest absolute Gasteiger partial charge is 0.453 e. The van der Waals surface area contributed by atoms with Gasteiger partial charge in [-0.15, -0.1) is 0 Å². The van der Waals surface area contributed by atoms with Crippen LogP contribution in [0.5, 0.6) is 0 Å². The van der Waals surface area contributed by atoms with E-state index in [0.29, 0.717) is 17.4 Å². The highest BCUT2D eigenvalue weighted by atomic mass is 79.9. The summed E-state index contributed by atoms with van der Waals surface area (Å²) in [4.78, 5) is 11.4. The van der Waals surface area contributed by atoms with Gasteiger partial charge in [0.25, 0.3) is 0 Å². The van der Waals surface area contributed by atoms with Crippen molar-refractivity contribution in [3.8, 4) is 0 Å². The number of nitrogens with one attached hydrogen (secondary N) is 1. The number of carbonyl (C=O) groups is 1. The average molecular weight is 363 g/mol. The first-order valence-electron chi connectivity index (χ1n) is 6.03. The van der Waals surface area contributed by atoms with Crippen LogP contribution < -0.4 is 5.32 Å².